The van der Waals surface area contributed by atoms with Gasteiger partial charge in [-0.3, -0.25) is 0 Å². The first-order valence-corrected chi connectivity index (χ1v) is 4.32. The minimum Gasteiger partial charge on any atom is -0.0843 e. The highest BCUT2D eigenvalue weighted by atomic mass is 35.5. The molecule has 0 unspecified atom stereocenters. The fourth-order valence-electron chi connectivity index (χ4n) is 1.04. The van der Waals surface area contributed by atoms with Gasteiger partial charge >= 0.3 is 0 Å². The van der Waals surface area contributed by atoms with E-state index in [0.29, 0.717) is 11.6 Å². The Morgan fingerprint density at radius 2 is 2.36 bits per heavy atom. The first kappa shape index (κ1) is 7.13. The van der Waals surface area contributed by atoms with Gasteiger partial charge in [-0.1, -0.05) is 11.6 Å². The van der Waals surface area contributed by atoms with Gasteiger partial charge in [0, 0.05) is 15.5 Å². The number of hydrogen-bond donors (Lipinski definition) is 0. The second kappa shape index (κ2) is 2.50. The first-order chi connectivity index (χ1) is 5.25. The maximum atomic E-state index is 10.8. The van der Waals surface area contributed by atoms with Crippen LogP contribution in [0.3, 0.4) is 0 Å². The van der Waals surface area contributed by atoms with Crippen molar-refractivity contribution >= 4 is 23.5 Å². The average molecular weight is 187 g/mol. The zero-order valence-corrected chi connectivity index (χ0v) is 7.15. The summed E-state index contributed by atoms with van der Waals surface area (Å²) >= 11 is 6.96. The third kappa shape index (κ3) is 1.26. The monoisotopic (exact) mass is 186 g/mol. The van der Waals surface area contributed by atoms with E-state index in [4.69, 9.17) is 11.6 Å². The van der Waals surface area contributed by atoms with Crippen molar-refractivity contribution in [2.45, 2.75) is 11.4 Å². The Labute approximate surface area is 73.3 Å². The van der Waals surface area contributed by atoms with Gasteiger partial charge in [-0.15, -0.1) is 0 Å². The minimum absolute atomic E-state index is 0.445. The van der Waals surface area contributed by atoms with Crippen molar-refractivity contribution in [3.8, 4) is 0 Å². The van der Waals surface area contributed by atoms with E-state index < -0.39 is 0 Å². The summed E-state index contributed by atoms with van der Waals surface area (Å²) < 4.78 is 0.945. The van der Waals surface area contributed by atoms with Gasteiger partial charge in [-0.25, -0.2) is 0 Å². The fraction of sp³-hybridized carbons (Fsp3) is 0.143. The largest absolute Gasteiger partial charge is 0.251 e. The zero-order chi connectivity index (χ0) is 7.84. The fourth-order valence-corrected chi connectivity index (χ4v) is 2.03. The molecule has 0 atom stereocenters. The molecule has 56 valence electrons. The third-order valence-electron chi connectivity index (χ3n) is 1.52. The summed E-state index contributed by atoms with van der Waals surface area (Å²) in [7, 11) is 0. The van der Waals surface area contributed by atoms with Crippen LogP contribution >= 0.6 is 23.5 Å². The molecule has 2 rings (SSSR count). The van der Waals surface area contributed by atoms with Crippen molar-refractivity contribution in [3.63, 3.8) is 0 Å². The Balaban J connectivity index is 2.51. The van der Waals surface area contributed by atoms with Crippen LogP contribution in [0.2, 0.25) is 5.02 Å². The summed E-state index contributed by atoms with van der Waals surface area (Å²) in [6.45, 7) is 0.445. The lowest BCUT2D eigenvalue weighted by atomic mass is 10.2. The predicted molar refractivity (Wildman–Crippen MR) is 44.6 cm³/mol. The summed E-state index contributed by atoms with van der Waals surface area (Å²) in [5.74, 6) is 0. The maximum absolute atomic E-state index is 10.8. The van der Waals surface area contributed by atoms with E-state index in [1.807, 2.05) is 12.1 Å². The Kier molecular flexibility index (Phi) is 1.62. The second-order valence-corrected chi connectivity index (χ2v) is 3.80. The van der Waals surface area contributed by atoms with Crippen LogP contribution in [0.25, 0.3) is 0 Å². The van der Waals surface area contributed by atoms with E-state index in [1.54, 1.807) is 6.07 Å². The first-order valence-electron chi connectivity index (χ1n) is 3.17. The average Bonchev–Trinajstić information content (AvgIpc) is 2.27. The molecule has 0 amide bonds. The van der Waals surface area contributed by atoms with Crippen molar-refractivity contribution in [2.24, 2.45) is 0 Å². The summed E-state index contributed by atoms with van der Waals surface area (Å²) in [4.78, 5) is 11.9. The van der Waals surface area contributed by atoms with Crippen molar-refractivity contribution in [1.29, 1.82) is 0 Å². The number of benzene rings is 1. The van der Waals surface area contributed by atoms with Crippen LogP contribution in [0, 0.1) is 4.91 Å². The van der Waals surface area contributed by atoms with Crippen molar-refractivity contribution in [3.05, 3.63) is 33.7 Å². The Morgan fingerprint density at radius 3 is 3.18 bits per heavy atom. The molecule has 11 heavy (non-hydrogen) atoms. The molecular weight excluding hydrogens is 182 g/mol. The number of hydrogen-bond acceptors (Lipinski definition) is 2. The molecule has 1 aromatic rings. The molecule has 0 N–H and O–H groups in total. The van der Waals surface area contributed by atoms with E-state index in [1.165, 1.54) is 11.9 Å². The molecule has 0 spiro atoms. The van der Waals surface area contributed by atoms with Gasteiger partial charge in [0.15, 0.2) is 0 Å². The minimum atomic E-state index is 0.445. The van der Waals surface area contributed by atoms with Crippen LogP contribution in [-0.2, 0) is 6.54 Å². The molecular formula is C7H5ClNOS+. The number of halogens is 1. The van der Waals surface area contributed by atoms with Crippen LogP contribution in [0.15, 0.2) is 23.1 Å². The Hall–Kier alpha value is -0.540. The third-order valence-corrected chi connectivity index (χ3v) is 2.68. The lowest BCUT2D eigenvalue weighted by Crippen LogP contribution is -1.86. The van der Waals surface area contributed by atoms with E-state index >= 15 is 0 Å². The highest BCUT2D eigenvalue weighted by Gasteiger charge is 2.27. The van der Waals surface area contributed by atoms with Gasteiger partial charge in [-0.05, 0) is 18.2 Å². The second-order valence-electron chi connectivity index (χ2n) is 2.33. The van der Waals surface area contributed by atoms with Crippen LogP contribution in [-0.4, -0.2) is 4.17 Å². The highest BCUT2D eigenvalue weighted by molar-refractivity contribution is 7.93. The Bertz CT molecular complexity index is 326. The maximum Gasteiger partial charge on any atom is 0.251 e. The highest BCUT2D eigenvalue weighted by Crippen LogP contribution is 2.33. The lowest BCUT2D eigenvalue weighted by Gasteiger charge is -1.89. The van der Waals surface area contributed by atoms with Gasteiger partial charge < -0.3 is 0 Å². The molecule has 0 bridgehead atoms. The van der Waals surface area contributed by atoms with E-state index in [-0.39, 0.29) is 0 Å². The lowest BCUT2D eigenvalue weighted by molar-refractivity contribution is -0.383. The van der Waals surface area contributed by atoms with Gasteiger partial charge in [-0.2, -0.15) is 0 Å². The molecule has 1 aliphatic heterocycles. The topological polar surface area (TPSA) is 20.1 Å². The van der Waals surface area contributed by atoms with Crippen LogP contribution in [0.1, 0.15) is 5.56 Å². The molecule has 0 aromatic heterocycles. The zero-order valence-electron chi connectivity index (χ0n) is 5.58. The Morgan fingerprint density at radius 1 is 1.55 bits per heavy atom. The standard InChI is InChI=1S/C7H5ClNOS/c8-6-1-2-7-5(3-6)4-9(10)11-7/h1-3H,4H2/q+1. The number of nitroso groups, excluding NO2 is 1. The summed E-state index contributed by atoms with van der Waals surface area (Å²) in [6, 6.07) is 5.51. The molecule has 2 nitrogen and oxygen atoms in total. The molecule has 1 heterocycles. The van der Waals surface area contributed by atoms with Crippen molar-refractivity contribution in [1.82, 2.24) is 0 Å². The van der Waals surface area contributed by atoms with Crippen LogP contribution < -0.4 is 0 Å². The molecule has 1 aliphatic rings. The number of nitrogens with zero attached hydrogens (tertiary/aromatic N) is 1. The van der Waals surface area contributed by atoms with Crippen molar-refractivity contribution in [2.75, 3.05) is 0 Å². The number of rotatable bonds is 0. The smallest absolute Gasteiger partial charge is 0.0843 e. The molecule has 4 heteroatoms. The molecule has 0 saturated heterocycles. The molecule has 1 aromatic carbocycles. The van der Waals surface area contributed by atoms with E-state index in [9.17, 15) is 4.91 Å². The normalized spacial score (nSPS) is 15.2. The van der Waals surface area contributed by atoms with E-state index in [0.717, 1.165) is 14.6 Å². The van der Waals surface area contributed by atoms with Crippen LogP contribution in [0.5, 0.6) is 0 Å². The summed E-state index contributed by atoms with van der Waals surface area (Å²) in [5, 5.41) is 0.694. The predicted octanol–water partition coefficient (Wildman–Crippen LogP) is 2.64. The molecule has 0 aliphatic carbocycles. The van der Waals surface area contributed by atoms with Crippen LogP contribution in [0.4, 0.5) is 0 Å². The SMILES string of the molecule is O=[N+]1Cc2cc(Cl)ccc2S1. The van der Waals surface area contributed by atoms with Gasteiger partial charge in [0.2, 0.25) is 6.54 Å². The quantitative estimate of drug-likeness (QED) is 0.459. The van der Waals surface area contributed by atoms with Gasteiger partial charge in [0.05, 0.1) is 9.06 Å². The van der Waals surface area contributed by atoms with Gasteiger partial charge in [0.25, 0.3) is 11.9 Å². The number of fused-ring (bicyclic) bond motifs is 1. The van der Waals surface area contributed by atoms with Gasteiger partial charge in [0.1, 0.15) is 0 Å². The molecule has 0 radical (unpaired) electrons. The summed E-state index contributed by atoms with van der Waals surface area (Å²) in [5.41, 5.74) is 1.03. The molecule has 0 saturated carbocycles. The van der Waals surface area contributed by atoms with E-state index in [2.05, 4.69) is 0 Å². The van der Waals surface area contributed by atoms with Crippen molar-refractivity contribution < 1.29 is 4.17 Å². The molecule has 0 fully saturated rings. The summed E-state index contributed by atoms with van der Waals surface area (Å²) in [6.07, 6.45) is 0.